The zero-order valence-corrected chi connectivity index (χ0v) is 11.2. The Morgan fingerprint density at radius 2 is 2.11 bits per heavy atom. The lowest BCUT2D eigenvalue weighted by Gasteiger charge is -2.17. The first-order valence-corrected chi connectivity index (χ1v) is 7.62. The third-order valence-electron chi connectivity index (χ3n) is 3.41. The molecular weight excluding hydrogens is 262 g/mol. The fraction of sp³-hybridized carbons (Fsp3) is 0.308. The lowest BCUT2D eigenvalue weighted by Crippen LogP contribution is -2.32. The lowest BCUT2D eigenvalue weighted by molar-refractivity contribution is 0.473. The maximum atomic E-state index is 12.6. The second-order valence-corrected chi connectivity index (χ2v) is 6.64. The Hall–Kier alpha value is -1.50. The second-order valence-electron chi connectivity index (χ2n) is 4.74. The molecule has 0 amide bonds. The van der Waals surface area contributed by atoms with E-state index in [4.69, 9.17) is 5.73 Å². The Morgan fingerprint density at radius 3 is 2.84 bits per heavy atom. The number of pyridine rings is 1. The summed E-state index contributed by atoms with van der Waals surface area (Å²) >= 11 is 0. The predicted octanol–water partition coefficient (Wildman–Crippen LogP) is 0.956. The number of sulfonamides is 1. The molecule has 0 spiro atoms. The Balaban J connectivity index is 2.14. The first-order chi connectivity index (χ1) is 9.09. The molecular formula is C13H15N3O2S. The van der Waals surface area contributed by atoms with Gasteiger partial charge in [-0.05, 0) is 30.7 Å². The Morgan fingerprint density at radius 1 is 1.26 bits per heavy atom. The van der Waals surface area contributed by atoms with Crippen molar-refractivity contribution in [3.05, 3.63) is 36.5 Å². The maximum Gasteiger partial charge on any atom is 0.243 e. The van der Waals surface area contributed by atoms with E-state index in [0.717, 1.165) is 0 Å². The molecule has 100 valence electrons. The summed E-state index contributed by atoms with van der Waals surface area (Å²) in [6, 6.07) is 8.62. The van der Waals surface area contributed by atoms with Gasteiger partial charge in [0.15, 0.2) is 0 Å². The molecule has 1 saturated heterocycles. The van der Waals surface area contributed by atoms with E-state index in [9.17, 15) is 8.42 Å². The molecule has 0 radical (unpaired) electrons. The molecule has 1 aliphatic rings. The van der Waals surface area contributed by atoms with E-state index in [2.05, 4.69) is 4.98 Å². The zero-order chi connectivity index (χ0) is 13.5. The minimum absolute atomic E-state index is 0.0668. The molecule has 2 heterocycles. The Labute approximate surface area is 112 Å². The number of benzene rings is 1. The van der Waals surface area contributed by atoms with Gasteiger partial charge < -0.3 is 5.73 Å². The zero-order valence-electron chi connectivity index (χ0n) is 10.4. The fourth-order valence-electron chi connectivity index (χ4n) is 2.41. The summed E-state index contributed by atoms with van der Waals surface area (Å²) in [5.41, 5.74) is 6.48. The van der Waals surface area contributed by atoms with E-state index in [1.165, 1.54) is 4.31 Å². The van der Waals surface area contributed by atoms with Gasteiger partial charge in [-0.1, -0.05) is 6.07 Å². The van der Waals surface area contributed by atoms with Gasteiger partial charge in [0.1, 0.15) is 0 Å². The molecule has 1 aliphatic heterocycles. The molecule has 1 aromatic heterocycles. The summed E-state index contributed by atoms with van der Waals surface area (Å²) in [5, 5.41) is 0.658. The number of nitrogens with two attached hydrogens (primary N) is 1. The van der Waals surface area contributed by atoms with Crippen LogP contribution in [0.3, 0.4) is 0 Å². The van der Waals surface area contributed by atoms with Crippen molar-refractivity contribution in [2.75, 3.05) is 13.1 Å². The van der Waals surface area contributed by atoms with Crippen LogP contribution in [0.2, 0.25) is 0 Å². The van der Waals surface area contributed by atoms with Gasteiger partial charge >= 0.3 is 0 Å². The van der Waals surface area contributed by atoms with Crippen LogP contribution in [0.25, 0.3) is 10.9 Å². The van der Waals surface area contributed by atoms with Crippen molar-refractivity contribution in [2.24, 2.45) is 5.73 Å². The third-order valence-corrected chi connectivity index (χ3v) is 5.33. The van der Waals surface area contributed by atoms with Crippen LogP contribution >= 0.6 is 0 Å². The number of hydrogen-bond donors (Lipinski definition) is 1. The van der Waals surface area contributed by atoms with Crippen LogP contribution in [0, 0.1) is 0 Å². The molecule has 2 N–H and O–H groups in total. The van der Waals surface area contributed by atoms with Crippen LogP contribution in [0.5, 0.6) is 0 Å². The van der Waals surface area contributed by atoms with Gasteiger partial charge in [-0.2, -0.15) is 4.31 Å². The van der Waals surface area contributed by atoms with Gasteiger partial charge in [0.25, 0.3) is 0 Å². The molecule has 0 bridgehead atoms. The van der Waals surface area contributed by atoms with E-state index in [1.807, 2.05) is 6.07 Å². The van der Waals surface area contributed by atoms with Crippen LogP contribution < -0.4 is 5.73 Å². The van der Waals surface area contributed by atoms with E-state index in [0.29, 0.717) is 35.3 Å². The summed E-state index contributed by atoms with van der Waals surface area (Å²) < 4.78 is 26.7. The monoisotopic (exact) mass is 277 g/mol. The summed E-state index contributed by atoms with van der Waals surface area (Å²) in [4.78, 5) is 4.50. The van der Waals surface area contributed by atoms with Gasteiger partial charge in [-0.25, -0.2) is 8.42 Å². The van der Waals surface area contributed by atoms with Crippen LogP contribution in [0.1, 0.15) is 6.42 Å². The third kappa shape index (κ3) is 2.11. The molecule has 0 saturated carbocycles. The van der Waals surface area contributed by atoms with E-state index < -0.39 is 10.0 Å². The molecule has 0 unspecified atom stereocenters. The standard InChI is InChI=1S/C13H15N3O2S/c14-10-6-8-16(9-10)19(17,18)13-5-1-4-12-11(13)3-2-7-15-12/h1-5,7,10H,6,8-9,14H2/t10-/m1/s1. The van der Waals surface area contributed by atoms with Crippen molar-refractivity contribution < 1.29 is 8.42 Å². The Bertz CT molecular complexity index is 709. The summed E-state index contributed by atoms with van der Waals surface area (Å²) in [6.07, 6.45) is 2.37. The molecule has 1 aromatic carbocycles. The first kappa shape index (κ1) is 12.5. The summed E-state index contributed by atoms with van der Waals surface area (Å²) in [5.74, 6) is 0. The smallest absolute Gasteiger partial charge is 0.243 e. The van der Waals surface area contributed by atoms with Crippen molar-refractivity contribution in [1.29, 1.82) is 0 Å². The molecule has 0 aliphatic carbocycles. The van der Waals surface area contributed by atoms with Crippen LogP contribution in [-0.2, 0) is 10.0 Å². The SMILES string of the molecule is N[C@@H]1CCN(S(=O)(=O)c2cccc3ncccc23)C1. The van der Waals surface area contributed by atoms with Gasteiger partial charge in [0.2, 0.25) is 10.0 Å². The van der Waals surface area contributed by atoms with Crippen molar-refractivity contribution in [1.82, 2.24) is 9.29 Å². The summed E-state index contributed by atoms with van der Waals surface area (Å²) in [7, 11) is -3.48. The lowest BCUT2D eigenvalue weighted by atomic mass is 10.2. The largest absolute Gasteiger partial charge is 0.326 e. The number of rotatable bonds is 2. The normalized spacial score (nSPS) is 21.0. The predicted molar refractivity (Wildman–Crippen MR) is 73.1 cm³/mol. The number of fused-ring (bicyclic) bond motifs is 1. The molecule has 3 rings (SSSR count). The van der Waals surface area contributed by atoms with Crippen LogP contribution in [0.4, 0.5) is 0 Å². The fourth-order valence-corrected chi connectivity index (χ4v) is 4.12. The summed E-state index contributed by atoms with van der Waals surface area (Å²) in [6.45, 7) is 0.874. The quantitative estimate of drug-likeness (QED) is 0.887. The highest BCUT2D eigenvalue weighted by Crippen LogP contribution is 2.26. The van der Waals surface area contributed by atoms with Crippen molar-refractivity contribution in [3.8, 4) is 0 Å². The van der Waals surface area contributed by atoms with Crippen LogP contribution in [0.15, 0.2) is 41.4 Å². The highest BCUT2D eigenvalue weighted by Gasteiger charge is 2.31. The average molecular weight is 277 g/mol. The van der Waals surface area contributed by atoms with E-state index >= 15 is 0 Å². The minimum Gasteiger partial charge on any atom is -0.326 e. The first-order valence-electron chi connectivity index (χ1n) is 6.18. The van der Waals surface area contributed by atoms with Gasteiger partial charge in [0.05, 0.1) is 10.4 Å². The maximum absolute atomic E-state index is 12.6. The highest BCUT2D eigenvalue weighted by atomic mass is 32.2. The minimum atomic E-state index is -3.48. The topological polar surface area (TPSA) is 76.3 Å². The molecule has 2 aromatic rings. The number of aromatic nitrogens is 1. The van der Waals surface area contributed by atoms with Crippen molar-refractivity contribution >= 4 is 20.9 Å². The Kier molecular flexibility index (Phi) is 3.00. The van der Waals surface area contributed by atoms with Gasteiger partial charge in [-0.15, -0.1) is 0 Å². The van der Waals surface area contributed by atoms with Gasteiger partial charge in [-0.3, -0.25) is 4.98 Å². The van der Waals surface area contributed by atoms with E-state index in [-0.39, 0.29) is 6.04 Å². The second kappa shape index (κ2) is 4.56. The van der Waals surface area contributed by atoms with E-state index in [1.54, 1.807) is 30.5 Å². The van der Waals surface area contributed by atoms with Crippen molar-refractivity contribution in [3.63, 3.8) is 0 Å². The van der Waals surface area contributed by atoms with Crippen LogP contribution in [-0.4, -0.2) is 36.8 Å². The van der Waals surface area contributed by atoms with Crippen molar-refractivity contribution in [2.45, 2.75) is 17.4 Å². The van der Waals surface area contributed by atoms with Gasteiger partial charge in [0, 0.05) is 30.7 Å². The molecule has 1 atom stereocenters. The molecule has 5 nitrogen and oxygen atoms in total. The average Bonchev–Trinajstić information content (AvgIpc) is 2.85. The molecule has 19 heavy (non-hydrogen) atoms. The highest BCUT2D eigenvalue weighted by molar-refractivity contribution is 7.89. The molecule has 1 fully saturated rings. The molecule has 6 heteroatoms. The number of nitrogens with zero attached hydrogens (tertiary/aromatic N) is 2. The number of hydrogen-bond acceptors (Lipinski definition) is 4.